The third kappa shape index (κ3) is 1.29. The highest BCUT2D eigenvalue weighted by atomic mass is 16.4. The first-order valence-electron chi connectivity index (χ1n) is 5.47. The molecule has 3 unspecified atom stereocenters. The van der Waals surface area contributed by atoms with Crippen molar-refractivity contribution in [3.63, 3.8) is 0 Å². The average molecular weight is 210 g/mol. The fourth-order valence-electron chi connectivity index (χ4n) is 2.70. The molecular weight excluding hydrogens is 196 g/mol. The van der Waals surface area contributed by atoms with E-state index < -0.39 is 5.97 Å². The number of hydrogen-bond donors (Lipinski definition) is 2. The lowest BCUT2D eigenvalue weighted by atomic mass is 9.74. The molecular formula is C10H14N2O3. The summed E-state index contributed by atoms with van der Waals surface area (Å²) in [7, 11) is 0. The van der Waals surface area contributed by atoms with Crippen LogP contribution in [0.1, 0.15) is 19.3 Å². The molecule has 5 nitrogen and oxygen atoms in total. The summed E-state index contributed by atoms with van der Waals surface area (Å²) in [6.45, 7) is 0.625. The van der Waals surface area contributed by atoms with Crippen molar-refractivity contribution in [2.45, 2.75) is 31.3 Å². The van der Waals surface area contributed by atoms with Gasteiger partial charge in [0.15, 0.2) is 0 Å². The molecule has 0 spiro atoms. The molecule has 2 aliphatic carbocycles. The largest absolute Gasteiger partial charge is 0.481 e. The number of carbonyl (C=O) groups excluding carboxylic acids is 1. The Morgan fingerprint density at radius 2 is 2.07 bits per heavy atom. The van der Waals surface area contributed by atoms with Crippen LogP contribution in [0.5, 0.6) is 0 Å². The van der Waals surface area contributed by atoms with E-state index >= 15 is 0 Å². The molecule has 4 fully saturated rings. The van der Waals surface area contributed by atoms with E-state index in [1.54, 1.807) is 4.90 Å². The van der Waals surface area contributed by atoms with Crippen molar-refractivity contribution in [2.75, 3.05) is 6.54 Å². The molecule has 15 heavy (non-hydrogen) atoms. The maximum absolute atomic E-state index is 11.7. The Balaban J connectivity index is 1.64. The van der Waals surface area contributed by atoms with Crippen LogP contribution in [0.3, 0.4) is 0 Å². The fraction of sp³-hybridized carbons (Fsp3) is 0.800. The number of nitrogens with one attached hydrogen (secondary N) is 1. The molecule has 4 rings (SSSR count). The molecule has 2 amide bonds. The van der Waals surface area contributed by atoms with Gasteiger partial charge in [-0.25, -0.2) is 4.79 Å². The normalized spacial score (nSPS) is 37.3. The minimum atomic E-state index is -0.752. The Bertz CT molecular complexity index is 327. The minimum Gasteiger partial charge on any atom is -0.481 e. The number of hydrogen-bond acceptors (Lipinski definition) is 2. The van der Waals surface area contributed by atoms with E-state index in [4.69, 9.17) is 5.11 Å². The van der Waals surface area contributed by atoms with Crippen molar-refractivity contribution in [2.24, 2.45) is 11.8 Å². The molecule has 2 aliphatic heterocycles. The van der Waals surface area contributed by atoms with Crippen LogP contribution in [0, 0.1) is 11.8 Å². The first kappa shape index (κ1) is 9.00. The van der Waals surface area contributed by atoms with Crippen molar-refractivity contribution < 1.29 is 14.7 Å². The standard InChI is InChI=1S/C10H14N2O3/c13-9(14)8-5-3-7(8)12(4-5)10(15)11-6-1-2-6/h5-8H,1-4H2,(H,11,15)(H,13,14). The number of urea groups is 1. The molecule has 2 saturated heterocycles. The SMILES string of the molecule is O=C(O)C1C2CC1N(C(=O)NC1CC1)C2. The van der Waals surface area contributed by atoms with Gasteiger partial charge in [0.2, 0.25) is 0 Å². The van der Waals surface area contributed by atoms with Crippen molar-refractivity contribution in [1.82, 2.24) is 10.2 Å². The van der Waals surface area contributed by atoms with Crippen LogP contribution in [0.25, 0.3) is 0 Å². The van der Waals surface area contributed by atoms with Gasteiger partial charge in [-0.1, -0.05) is 0 Å². The van der Waals surface area contributed by atoms with Gasteiger partial charge < -0.3 is 15.3 Å². The molecule has 0 aromatic heterocycles. The first-order valence-corrected chi connectivity index (χ1v) is 5.47. The second-order valence-electron chi connectivity index (χ2n) is 4.80. The lowest BCUT2D eigenvalue weighted by Gasteiger charge is -2.32. The maximum atomic E-state index is 11.7. The Morgan fingerprint density at radius 3 is 2.60 bits per heavy atom. The number of carboxylic acid groups (broad SMARTS) is 1. The summed E-state index contributed by atoms with van der Waals surface area (Å²) in [4.78, 5) is 24.3. The Hall–Kier alpha value is -1.26. The van der Waals surface area contributed by atoms with Gasteiger partial charge in [0.1, 0.15) is 0 Å². The topological polar surface area (TPSA) is 69.6 Å². The highest BCUT2D eigenvalue weighted by molar-refractivity contribution is 5.80. The highest BCUT2D eigenvalue weighted by Gasteiger charge is 2.57. The Kier molecular flexibility index (Phi) is 1.72. The Morgan fingerprint density at radius 1 is 1.33 bits per heavy atom. The van der Waals surface area contributed by atoms with E-state index in [0.29, 0.717) is 12.6 Å². The van der Waals surface area contributed by atoms with E-state index in [2.05, 4.69) is 5.32 Å². The number of rotatable bonds is 2. The van der Waals surface area contributed by atoms with Gasteiger partial charge >= 0.3 is 12.0 Å². The van der Waals surface area contributed by atoms with E-state index in [9.17, 15) is 9.59 Å². The number of aliphatic carboxylic acids is 1. The number of fused-ring (bicyclic) bond motifs is 1. The van der Waals surface area contributed by atoms with Crippen LogP contribution >= 0.6 is 0 Å². The van der Waals surface area contributed by atoms with Crippen LogP contribution in [-0.2, 0) is 4.79 Å². The van der Waals surface area contributed by atoms with Gasteiger partial charge in [-0.15, -0.1) is 0 Å². The van der Waals surface area contributed by atoms with Gasteiger partial charge in [0.05, 0.1) is 5.92 Å². The molecule has 2 heterocycles. The predicted molar refractivity (Wildman–Crippen MR) is 51.3 cm³/mol. The molecule has 2 bridgehead atoms. The zero-order valence-electron chi connectivity index (χ0n) is 8.35. The van der Waals surface area contributed by atoms with Crippen LogP contribution in [0.15, 0.2) is 0 Å². The fourth-order valence-corrected chi connectivity index (χ4v) is 2.70. The lowest BCUT2D eigenvalue weighted by molar-refractivity contribution is -0.147. The smallest absolute Gasteiger partial charge is 0.317 e. The molecule has 0 aromatic rings. The third-order valence-electron chi connectivity index (χ3n) is 3.75. The molecule has 5 heteroatoms. The molecule has 3 atom stereocenters. The van der Waals surface area contributed by atoms with Crippen LogP contribution in [0.2, 0.25) is 0 Å². The van der Waals surface area contributed by atoms with Crippen molar-refractivity contribution >= 4 is 12.0 Å². The second-order valence-corrected chi connectivity index (χ2v) is 4.80. The molecule has 2 saturated carbocycles. The van der Waals surface area contributed by atoms with Crippen molar-refractivity contribution in [3.8, 4) is 0 Å². The van der Waals surface area contributed by atoms with E-state index in [1.807, 2.05) is 0 Å². The monoisotopic (exact) mass is 210 g/mol. The molecule has 2 N–H and O–H groups in total. The van der Waals surface area contributed by atoms with E-state index in [0.717, 1.165) is 19.3 Å². The van der Waals surface area contributed by atoms with Gasteiger partial charge in [-0.2, -0.15) is 0 Å². The van der Waals surface area contributed by atoms with Gasteiger partial charge in [0.25, 0.3) is 0 Å². The average Bonchev–Trinajstić information content (AvgIpc) is 2.73. The summed E-state index contributed by atoms with van der Waals surface area (Å²) in [6.07, 6.45) is 3.00. The highest BCUT2D eigenvalue weighted by Crippen LogP contribution is 2.46. The van der Waals surface area contributed by atoms with Gasteiger partial charge in [-0.3, -0.25) is 4.79 Å². The number of amides is 2. The lowest BCUT2D eigenvalue weighted by Crippen LogP contribution is -2.48. The van der Waals surface area contributed by atoms with Crippen molar-refractivity contribution in [3.05, 3.63) is 0 Å². The number of carbonyl (C=O) groups is 2. The second kappa shape index (κ2) is 2.87. The third-order valence-corrected chi connectivity index (χ3v) is 3.75. The summed E-state index contributed by atoms with van der Waals surface area (Å²) >= 11 is 0. The first-order chi connectivity index (χ1) is 7.16. The summed E-state index contributed by atoms with van der Waals surface area (Å²) < 4.78 is 0. The van der Waals surface area contributed by atoms with Crippen LogP contribution in [-0.4, -0.2) is 40.6 Å². The Labute approximate surface area is 87.4 Å². The van der Waals surface area contributed by atoms with E-state index in [-0.39, 0.29) is 23.9 Å². The zero-order chi connectivity index (χ0) is 10.6. The van der Waals surface area contributed by atoms with Gasteiger partial charge in [0, 0.05) is 18.6 Å². The molecule has 0 radical (unpaired) electrons. The van der Waals surface area contributed by atoms with Crippen LogP contribution < -0.4 is 5.32 Å². The summed E-state index contributed by atoms with van der Waals surface area (Å²) in [5, 5.41) is 11.9. The zero-order valence-corrected chi connectivity index (χ0v) is 8.35. The number of nitrogens with zero attached hydrogens (tertiary/aromatic N) is 1. The van der Waals surface area contributed by atoms with E-state index in [1.165, 1.54) is 0 Å². The van der Waals surface area contributed by atoms with Gasteiger partial charge in [-0.05, 0) is 25.2 Å². The molecule has 82 valence electrons. The minimum absolute atomic E-state index is 0.0498. The summed E-state index contributed by atoms with van der Waals surface area (Å²) in [5.74, 6) is -0.870. The quantitative estimate of drug-likeness (QED) is 0.687. The maximum Gasteiger partial charge on any atom is 0.317 e. The van der Waals surface area contributed by atoms with Crippen molar-refractivity contribution in [1.29, 1.82) is 0 Å². The number of carboxylic acids is 1. The predicted octanol–water partition coefficient (Wildman–Crippen LogP) is 0.263. The summed E-state index contributed by atoms with van der Waals surface area (Å²) in [5.41, 5.74) is 0. The van der Waals surface area contributed by atoms with Crippen LogP contribution in [0.4, 0.5) is 4.79 Å². The molecule has 0 aromatic carbocycles. The molecule has 4 aliphatic rings. The summed E-state index contributed by atoms with van der Waals surface area (Å²) in [6, 6.07) is 0.235.